The Morgan fingerprint density at radius 2 is 2.50 bits per heavy atom. The molecule has 0 bridgehead atoms. The number of aromatic nitrogens is 2. The van der Waals surface area contributed by atoms with Crippen molar-refractivity contribution in [3.63, 3.8) is 0 Å². The molecule has 0 spiro atoms. The van der Waals surface area contributed by atoms with Gasteiger partial charge in [0, 0.05) is 6.20 Å². The molecule has 14 heavy (non-hydrogen) atoms. The molecular weight excluding hydrogens is 186 g/mol. The molecule has 6 heteroatoms. The smallest absolute Gasteiger partial charge is 0.394 e. The molecule has 0 fully saturated rings. The van der Waals surface area contributed by atoms with Crippen LogP contribution in [0.2, 0.25) is 0 Å². The quantitative estimate of drug-likeness (QED) is 0.599. The lowest BCUT2D eigenvalue weighted by atomic mass is 10.1. The maximum atomic E-state index is 10.8. The molecule has 2 aromatic heterocycles. The van der Waals surface area contributed by atoms with Gasteiger partial charge in [-0.2, -0.15) is 0 Å². The molecule has 0 aliphatic heterocycles. The van der Waals surface area contributed by atoms with Crippen molar-refractivity contribution in [3.05, 3.63) is 28.4 Å². The summed E-state index contributed by atoms with van der Waals surface area (Å²) in [5.74, 6) is -0.554. The molecule has 0 radical (unpaired) electrons. The fourth-order valence-electron chi connectivity index (χ4n) is 1.17. The molecule has 0 saturated carbocycles. The summed E-state index contributed by atoms with van der Waals surface area (Å²) in [5.41, 5.74) is 6.95. The molecule has 0 aliphatic rings. The lowest BCUT2D eigenvalue weighted by molar-refractivity contribution is 0.268. The van der Waals surface area contributed by atoms with Crippen LogP contribution in [-0.2, 0) is 0 Å². The van der Waals surface area contributed by atoms with Crippen molar-refractivity contribution in [2.45, 2.75) is 6.04 Å². The van der Waals surface area contributed by atoms with Gasteiger partial charge in [-0.3, -0.25) is 4.98 Å². The fraction of sp³-hybridized carbons (Fsp3) is 0.250. The number of aliphatic hydroxyl groups excluding tert-OH is 1. The third kappa shape index (κ3) is 1.40. The number of nitrogens with two attached hydrogens (primary N) is 1. The lowest BCUT2D eigenvalue weighted by Crippen LogP contribution is -2.14. The Balaban J connectivity index is 2.55. The van der Waals surface area contributed by atoms with Gasteiger partial charge >= 0.3 is 5.76 Å². The monoisotopic (exact) mass is 195 g/mol. The van der Waals surface area contributed by atoms with Gasteiger partial charge in [0.2, 0.25) is 5.71 Å². The first-order valence-corrected chi connectivity index (χ1v) is 4.06. The normalized spacial score (nSPS) is 13.3. The van der Waals surface area contributed by atoms with Gasteiger partial charge in [0.05, 0.1) is 12.6 Å². The molecule has 2 aromatic rings. The van der Waals surface area contributed by atoms with Crippen molar-refractivity contribution in [3.8, 4) is 0 Å². The number of rotatable bonds is 2. The van der Waals surface area contributed by atoms with Crippen molar-refractivity contribution in [1.29, 1.82) is 0 Å². The van der Waals surface area contributed by atoms with Crippen LogP contribution in [0.25, 0.3) is 11.2 Å². The Bertz CT molecular complexity index is 502. The summed E-state index contributed by atoms with van der Waals surface area (Å²) < 4.78 is 4.71. The zero-order valence-corrected chi connectivity index (χ0v) is 7.23. The van der Waals surface area contributed by atoms with Crippen LogP contribution >= 0.6 is 0 Å². The second kappa shape index (κ2) is 3.24. The summed E-state index contributed by atoms with van der Waals surface area (Å²) in [7, 11) is 0. The average molecular weight is 195 g/mol. The Hall–Kier alpha value is -1.66. The summed E-state index contributed by atoms with van der Waals surface area (Å²) in [6, 6.07) is 1.14. The predicted molar refractivity (Wildman–Crippen MR) is 48.6 cm³/mol. The van der Waals surface area contributed by atoms with E-state index in [1.165, 1.54) is 6.20 Å². The Morgan fingerprint density at radius 3 is 3.21 bits per heavy atom. The number of fused-ring (bicyclic) bond motifs is 1. The highest BCUT2D eigenvalue weighted by Gasteiger charge is 2.08. The Kier molecular flexibility index (Phi) is 2.06. The molecule has 0 aromatic carbocycles. The first-order chi connectivity index (χ1) is 6.70. The highest BCUT2D eigenvalue weighted by Crippen LogP contribution is 2.13. The van der Waals surface area contributed by atoms with Gasteiger partial charge < -0.3 is 15.3 Å². The number of H-pyrrole nitrogens is 1. The van der Waals surface area contributed by atoms with E-state index < -0.39 is 11.8 Å². The van der Waals surface area contributed by atoms with Crippen LogP contribution in [0.5, 0.6) is 0 Å². The summed E-state index contributed by atoms with van der Waals surface area (Å²) >= 11 is 0. The van der Waals surface area contributed by atoms with Gasteiger partial charge in [-0.05, 0) is 11.6 Å². The molecule has 1 unspecified atom stereocenters. The minimum absolute atomic E-state index is 0.171. The Labute approximate surface area is 78.4 Å². The van der Waals surface area contributed by atoms with Gasteiger partial charge in [-0.1, -0.05) is 0 Å². The van der Waals surface area contributed by atoms with Crippen LogP contribution in [0.3, 0.4) is 0 Å². The summed E-state index contributed by atoms with van der Waals surface area (Å²) in [5, 5.41) is 8.82. The van der Waals surface area contributed by atoms with E-state index in [0.717, 1.165) is 0 Å². The van der Waals surface area contributed by atoms with Crippen LogP contribution in [0.4, 0.5) is 0 Å². The number of hydrogen-bond acceptors (Lipinski definition) is 5. The summed E-state index contributed by atoms with van der Waals surface area (Å²) in [6.07, 6.45) is 1.47. The molecule has 2 heterocycles. The zero-order valence-electron chi connectivity index (χ0n) is 7.23. The van der Waals surface area contributed by atoms with Crippen LogP contribution in [-0.4, -0.2) is 21.7 Å². The second-order valence-electron chi connectivity index (χ2n) is 2.92. The molecule has 4 N–H and O–H groups in total. The van der Waals surface area contributed by atoms with Gasteiger partial charge in [-0.25, -0.2) is 9.78 Å². The summed E-state index contributed by atoms with van der Waals surface area (Å²) in [6.45, 7) is -0.171. The lowest BCUT2D eigenvalue weighted by Gasteiger charge is -2.06. The van der Waals surface area contributed by atoms with E-state index >= 15 is 0 Å². The standard InChI is InChI=1S/C8H9N3O3/c9-5(3-12)4-1-6-7(10-2-4)14-8(13)11-6/h1-2,5,12H,3,9H2,(H,11,13). The van der Waals surface area contributed by atoms with E-state index in [4.69, 9.17) is 15.3 Å². The maximum absolute atomic E-state index is 10.8. The topological polar surface area (TPSA) is 105 Å². The third-order valence-electron chi connectivity index (χ3n) is 1.92. The molecule has 0 aliphatic carbocycles. The van der Waals surface area contributed by atoms with Crippen molar-refractivity contribution >= 4 is 11.2 Å². The van der Waals surface area contributed by atoms with Crippen molar-refractivity contribution < 1.29 is 9.52 Å². The van der Waals surface area contributed by atoms with E-state index in [-0.39, 0.29) is 12.3 Å². The number of pyridine rings is 1. The largest absolute Gasteiger partial charge is 0.418 e. The van der Waals surface area contributed by atoms with Crippen LogP contribution in [0.15, 0.2) is 21.5 Å². The highest BCUT2D eigenvalue weighted by molar-refractivity contribution is 5.67. The van der Waals surface area contributed by atoms with Crippen LogP contribution in [0.1, 0.15) is 11.6 Å². The van der Waals surface area contributed by atoms with E-state index in [9.17, 15) is 4.79 Å². The van der Waals surface area contributed by atoms with E-state index in [1.807, 2.05) is 0 Å². The molecule has 2 rings (SSSR count). The molecule has 74 valence electrons. The Morgan fingerprint density at radius 1 is 1.71 bits per heavy atom. The van der Waals surface area contributed by atoms with Gasteiger partial charge in [0.1, 0.15) is 5.52 Å². The number of aliphatic hydroxyl groups is 1. The van der Waals surface area contributed by atoms with E-state index in [2.05, 4.69) is 9.97 Å². The number of nitrogens with zero attached hydrogens (tertiary/aromatic N) is 1. The van der Waals surface area contributed by atoms with Crippen LogP contribution < -0.4 is 11.5 Å². The SMILES string of the molecule is NC(CO)c1cnc2oc(=O)[nH]c2c1. The molecule has 0 saturated heterocycles. The third-order valence-corrected chi connectivity index (χ3v) is 1.92. The predicted octanol–water partition coefficient (Wildman–Crippen LogP) is -0.492. The van der Waals surface area contributed by atoms with Gasteiger partial charge in [0.25, 0.3) is 0 Å². The molecular formula is C8H9N3O3. The van der Waals surface area contributed by atoms with Crippen molar-refractivity contribution in [1.82, 2.24) is 9.97 Å². The average Bonchev–Trinajstić information content (AvgIpc) is 2.55. The number of hydrogen-bond donors (Lipinski definition) is 3. The van der Waals surface area contributed by atoms with Crippen molar-refractivity contribution in [2.75, 3.05) is 6.61 Å². The molecule has 1 atom stereocenters. The second-order valence-corrected chi connectivity index (χ2v) is 2.92. The van der Waals surface area contributed by atoms with E-state index in [0.29, 0.717) is 11.1 Å². The highest BCUT2D eigenvalue weighted by atomic mass is 16.4. The maximum Gasteiger partial charge on any atom is 0.418 e. The minimum Gasteiger partial charge on any atom is -0.394 e. The van der Waals surface area contributed by atoms with E-state index in [1.54, 1.807) is 6.07 Å². The minimum atomic E-state index is -0.554. The zero-order chi connectivity index (χ0) is 10.1. The van der Waals surface area contributed by atoms with Gasteiger partial charge in [-0.15, -0.1) is 0 Å². The first kappa shape index (κ1) is 8.92. The first-order valence-electron chi connectivity index (χ1n) is 4.06. The molecule has 0 amide bonds. The fourth-order valence-corrected chi connectivity index (χ4v) is 1.17. The summed E-state index contributed by atoms with van der Waals surface area (Å²) in [4.78, 5) is 17.1. The number of nitrogens with one attached hydrogen (secondary N) is 1. The number of aromatic amines is 1. The number of oxazole rings is 1. The van der Waals surface area contributed by atoms with Gasteiger partial charge in [0.15, 0.2) is 0 Å². The molecule has 6 nitrogen and oxygen atoms in total. The van der Waals surface area contributed by atoms with Crippen molar-refractivity contribution in [2.24, 2.45) is 5.73 Å². The van der Waals surface area contributed by atoms with Crippen LogP contribution in [0, 0.1) is 0 Å².